The highest BCUT2D eigenvalue weighted by Gasteiger charge is 2.16. The molecule has 0 aromatic carbocycles. The van der Waals surface area contributed by atoms with Crippen LogP contribution in [-0.4, -0.2) is 40.8 Å². The van der Waals surface area contributed by atoms with Crippen molar-refractivity contribution in [2.45, 2.75) is 32.5 Å². The molecule has 0 rings (SSSR count). The van der Waals surface area contributed by atoms with Crippen molar-refractivity contribution in [1.82, 2.24) is 5.32 Å². The second-order valence-electron chi connectivity index (χ2n) is 3.41. The van der Waals surface area contributed by atoms with Crippen LogP contribution in [0, 0.1) is 0 Å². The van der Waals surface area contributed by atoms with Crippen LogP contribution in [0.15, 0.2) is 12.3 Å². The fourth-order valence-corrected chi connectivity index (χ4v) is 0.746. The molecule has 0 saturated heterocycles. The average molecular weight is 231 g/mol. The molecule has 3 N–H and O–H groups in total. The van der Waals surface area contributed by atoms with Crippen molar-refractivity contribution in [3.05, 3.63) is 12.3 Å². The van der Waals surface area contributed by atoms with Crippen molar-refractivity contribution in [2.24, 2.45) is 0 Å². The predicted octanol–water partition coefficient (Wildman–Crippen LogP) is -0.689. The summed E-state index contributed by atoms with van der Waals surface area (Å²) in [6.07, 6.45) is -1.43. The topological polar surface area (TPSA) is 95.9 Å². The molecule has 2 atom stereocenters. The summed E-state index contributed by atoms with van der Waals surface area (Å²) in [5, 5.41) is 20.2. The Balaban J connectivity index is 3.91. The van der Waals surface area contributed by atoms with Gasteiger partial charge in [0.15, 0.2) is 5.76 Å². The third-order valence-electron chi connectivity index (χ3n) is 1.67. The van der Waals surface area contributed by atoms with E-state index in [1.807, 2.05) is 0 Å². The highest BCUT2D eigenvalue weighted by atomic mass is 16.6. The molecule has 16 heavy (non-hydrogen) atoms. The average Bonchev–Trinajstić information content (AvgIpc) is 2.16. The van der Waals surface area contributed by atoms with Gasteiger partial charge in [0.2, 0.25) is 0 Å². The second-order valence-corrected chi connectivity index (χ2v) is 3.41. The Kier molecular flexibility index (Phi) is 6.36. The molecule has 6 nitrogen and oxygen atoms in total. The van der Waals surface area contributed by atoms with E-state index in [0.29, 0.717) is 6.42 Å². The van der Waals surface area contributed by atoms with Crippen LogP contribution in [0.1, 0.15) is 20.3 Å². The molecule has 0 saturated carbocycles. The lowest BCUT2D eigenvalue weighted by Crippen LogP contribution is -2.30. The molecular formula is C10H17NO5. The molecule has 0 aromatic heterocycles. The summed E-state index contributed by atoms with van der Waals surface area (Å²) in [6.45, 7) is 6.31. The van der Waals surface area contributed by atoms with Gasteiger partial charge in [0.05, 0.1) is 6.10 Å². The lowest BCUT2D eigenvalue weighted by atomic mass is 10.3. The van der Waals surface area contributed by atoms with Gasteiger partial charge in [-0.05, 0) is 20.3 Å². The van der Waals surface area contributed by atoms with E-state index in [0.717, 1.165) is 0 Å². The first kappa shape index (κ1) is 14.6. The minimum Gasteiger partial charge on any atom is -0.419 e. The molecule has 0 aliphatic heterocycles. The van der Waals surface area contributed by atoms with E-state index in [2.05, 4.69) is 16.6 Å². The van der Waals surface area contributed by atoms with Crippen molar-refractivity contribution < 1.29 is 24.5 Å². The summed E-state index contributed by atoms with van der Waals surface area (Å²) >= 11 is 0. The first-order valence-corrected chi connectivity index (χ1v) is 4.89. The van der Waals surface area contributed by atoms with Crippen LogP contribution in [0.4, 0.5) is 0 Å². The molecule has 0 spiro atoms. The number of amides is 1. The van der Waals surface area contributed by atoms with Crippen LogP contribution in [0.3, 0.4) is 0 Å². The maximum atomic E-state index is 11.2. The number of hydrogen-bond donors (Lipinski definition) is 3. The van der Waals surface area contributed by atoms with Crippen LogP contribution in [-0.2, 0) is 14.3 Å². The summed E-state index contributed by atoms with van der Waals surface area (Å²) in [5.41, 5.74) is 0. The number of carbonyl (C=O) groups is 2. The summed E-state index contributed by atoms with van der Waals surface area (Å²) < 4.78 is 4.47. The van der Waals surface area contributed by atoms with E-state index >= 15 is 0 Å². The zero-order chi connectivity index (χ0) is 12.7. The molecule has 0 aliphatic rings. The van der Waals surface area contributed by atoms with Crippen LogP contribution in [0.2, 0.25) is 0 Å². The quantitative estimate of drug-likeness (QED) is 0.319. The van der Waals surface area contributed by atoms with Gasteiger partial charge in [-0.1, -0.05) is 6.58 Å². The van der Waals surface area contributed by atoms with Crippen molar-refractivity contribution >= 4 is 11.9 Å². The van der Waals surface area contributed by atoms with Gasteiger partial charge in [-0.2, -0.15) is 0 Å². The van der Waals surface area contributed by atoms with E-state index in [-0.39, 0.29) is 12.3 Å². The third-order valence-corrected chi connectivity index (χ3v) is 1.67. The zero-order valence-electron chi connectivity index (χ0n) is 9.40. The second kappa shape index (κ2) is 6.97. The Bertz CT molecular complexity index is 272. The first-order chi connectivity index (χ1) is 7.34. The molecule has 0 fully saturated rings. The van der Waals surface area contributed by atoms with Gasteiger partial charge in [-0.3, -0.25) is 4.79 Å². The van der Waals surface area contributed by atoms with Gasteiger partial charge in [0.1, 0.15) is 6.10 Å². The predicted molar refractivity (Wildman–Crippen MR) is 56.2 cm³/mol. The monoisotopic (exact) mass is 231 g/mol. The Morgan fingerprint density at radius 1 is 1.38 bits per heavy atom. The van der Waals surface area contributed by atoms with E-state index in [9.17, 15) is 9.59 Å². The van der Waals surface area contributed by atoms with Gasteiger partial charge in [0.25, 0.3) is 5.91 Å². The number of carbonyl (C=O) groups excluding carboxylic acids is 2. The van der Waals surface area contributed by atoms with E-state index in [1.54, 1.807) is 6.92 Å². The van der Waals surface area contributed by atoms with Crippen LogP contribution in [0.25, 0.3) is 0 Å². The normalized spacial score (nSPS) is 13.8. The zero-order valence-corrected chi connectivity index (χ0v) is 9.40. The lowest BCUT2D eigenvalue weighted by molar-refractivity contribution is -0.150. The minimum absolute atomic E-state index is 0.252. The Hall–Kier alpha value is -1.40. The molecule has 0 heterocycles. The van der Waals surface area contributed by atoms with Crippen LogP contribution in [0.5, 0.6) is 0 Å². The molecule has 1 amide bonds. The van der Waals surface area contributed by atoms with Crippen molar-refractivity contribution in [3.63, 3.8) is 0 Å². The van der Waals surface area contributed by atoms with Gasteiger partial charge in [-0.15, -0.1) is 0 Å². The number of aliphatic hydroxyl groups is 2. The first-order valence-electron chi connectivity index (χ1n) is 4.89. The van der Waals surface area contributed by atoms with E-state index < -0.39 is 24.1 Å². The van der Waals surface area contributed by atoms with Gasteiger partial charge in [-0.25, -0.2) is 4.79 Å². The Morgan fingerprint density at radius 3 is 2.38 bits per heavy atom. The summed E-state index contributed by atoms with van der Waals surface area (Å²) in [6, 6.07) is 0. The lowest BCUT2D eigenvalue weighted by Gasteiger charge is -2.09. The maximum absolute atomic E-state index is 11.2. The molecule has 0 aromatic rings. The van der Waals surface area contributed by atoms with Crippen LogP contribution >= 0.6 is 0 Å². The van der Waals surface area contributed by atoms with E-state index in [1.165, 1.54) is 6.92 Å². The molecule has 92 valence electrons. The van der Waals surface area contributed by atoms with Gasteiger partial charge in [0, 0.05) is 6.54 Å². The molecule has 6 heteroatoms. The number of rotatable bonds is 6. The molecular weight excluding hydrogens is 214 g/mol. The summed E-state index contributed by atoms with van der Waals surface area (Å²) in [7, 11) is 0. The van der Waals surface area contributed by atoms with Gasteiger partial charge >= 0.3 is 5.97 Å². The van der Waals surface area contributed by atoms with E-state index in [4.69, 9.17) is 10.2 Å². The fourth-order valence-electron chi connectivity index (χ4n) is 0.746. The molecule has 0 radical (unpaired) electrons. The molecule has 2 unspecified atom stereocenters. The van der Waals surface area contributed by atoms with Crippen molar-refractivity contribution in [3.8, 4) is 0 Å². The summed E-state index contributed by atoms with van der Waals surface area (Å²) in [4.78, 5) is 22.1. The SMILES string of the molecule is C=C(OC(=O)C(C)O)C(=O)NCCC(C)O. The van der Waals surface area contributed by atoms with Gasteiger partial charge < -0.3 is 20.3 Å². The summed E-state index contributed by atoms with van der Waals surface area (Å²) in [5.74, 6) is -1.96. The number of esters is 1. The van der Waals surface area contributed by atoms with Crippen LogP contribution < -0.4 is 5.32 Å². The molecule has 0 aliphatic carbocycles. The Morgan fingerprint density at radius 2 is 1.94 bits per heavy atom. The van der Waals surface area contributed by atoms with Crippen molar-refractivity contribution in [2.75, 3.05) is 6.54 Å². The third kappa shape index (κ3) is 6.15. The number of aliphatic hydroxyl groups excluding tert-OH is 2. The highest BCUT2D eigenvalue weighted by Crippen LogP contribution is 1.98. The standard InChI is InChI=1S/C10H17NO5/c1-6(12)4-5-11-9(14)8(3)16-10(15)7(2)13/h6-7,12-13H,3-5H2,1-2H3,(H,11,14). The smallest absolute Gasteiger partial charge is 0.340 e. The Labute approximate surface area is 93.9 Å². The highest BCUT2D eigenvalue weighted by molar-refractivity contribution is 5.93. The minimum atomic E-state index is -1.30. The number of nitrogens with one attached hydrogen (secondary N) is 1. The van der Waals surface area contributed by atoms with Crippen molar-refractivity contribution in [1.29, 1.82) is 0 Å². The molecule has 0 bridgehead atoms. The number of hydrogen-bond acceptors (Lipinski definition) is 5. The number of ether oxygens (including phenoxy) is 1. The fraction of sp³-hybridized carbons (Fsp3) is 0.600. The maximum Gasteiger partial charge on any atom is 0.340 e. The largest absolute Gasteiger partial charge is 0.419 e.